The van der Waals surface area contributed by atoms with Gasteiger partial charge in [0.15, 0.2) is 5.60 Å². The third kappa shape index (κ3) is 1.41. The highest BCUT2D eigenvalue weighted by atomic mass is 16.7. The van der Waals surface area contributed by atoms with Crippen molar-refractivity contribution in [3.63, 3.8) is 0 Å². The molecule has 1 N–H and O–H groups in total. The molecule has 3 saturated heterocycles. The van der Waals surface area contributed by atoms with Crippen molar-refractivity contribution < 1.29 is 28.5 Å². The molecule has 3 heterocycles. The minimum atomic E-state index is -1.14. The zero-order valence-electron chi connectivity index (χ0n) is 10.4. The number of carbonyl (C=O) groups is 2. The summed E-state index contributed by atoms with van der Waals surface area (Å²) in [6.45, 7) is 5.19. The number of nitrogens with one attached hydrogen (secondary N) is 1. The van der Waals surface area contributed by atoms with E-state index < -0.39 is 29.0 Å². The molecular weight excluding hydrogens is 242 g/mol. The Labute approximate surface area is 104 Å². The van der Waals surface area contributed by atoms with E-state index in [-0.39, 0.29) is 6.10 Å². The van der Waals surface area contributed by atoms with E-state index in [1.807, 2.05) is 0 Å². The summed E-state index contributed by atoms with van der Waals surface area (Å²) in [5.74, 6) is -0.919. The second-order valence-electron chi connectivity index (χ2n) is 5.04. The summed E-state index contributed by atoms with van der Waals surface area (Å²) in [6, 6.07) is 0. The van der Waals surface area contributed by atoms with Crippen molar-refractivity contribution in [1.29, 1.82) is 0 Å². The maximum atomic E-state index is 11.3. The van der Waals surface area contributed by atoms with Gasteiger partial charge in [-0.2, -0.15) is 0 Å². The summed E-state index contributed by atoms with van der Waals surface area (Å²) in [6.07, 6.45) is -0.295. The summed E-state index contributed by atoms with van der Waals surface area (Å²) in [5, 5.41) is 3.01. The zero-order valence-corrected chi connectivity index (χ0v) is 10.4. The van der Waals surface area contributed by atoms with Gasteiger partial charge in [-0.1, -0.05) is 0 Å². The average Bonchev–Trinajstić information content (AvgIpc) is 3.08. The van der Waals surface area contributed by atoms with E-state index in [9.17, 15) is 9.59 Å². The lowest BCUT2D eigenvalue weighted by Gasteiger charge is -2.34. The highest BCUT2D eigenvalue weighted by Gasteiger charge is 2.90. The first-order chi connectivity index (χ1) is 8.35. The van der Waals surface area contributed by atoms with E-state index in [4.69, 9.17) is 18.9 Å². The molecule has 3 aliphatic heterocycles. The van der Waals surface area contributed by atoms with Crippen molar-refractivity contribution in [2.24, 2.45) is 0 Å². The fourth-order valence-corrected chi connectivity index (χ4v) is 2.58. The van der Waals surface area contributed by atoms with Crippen LogP contribution >= 0.6 is 0 Å². The van der Waals surface area contributed by atoms with Crippen LogP contribution in [-0.4, -0.2) is 48.3 Å². The Hall–Kier alpha value is -1.18. The molecule has 7 nitrogen and oxygen atoms in total. The van der Waals surface area contributed by atoms with Crippen molar-refractivity contribution in [1.82, 2.24) is 5.32 Å². The molecule has 0 radical (unpaired) electrons. The van der Waals surface area contributed by atoms with Gasteiger partial charge in [0.1, 0.15) is 6.10 Å². The minimum Gasteiger partial charge on any atom is -0.451 e. The number of rotatable bonds is 4. The molecule has 0 aromatic heterocycles. The number of epoxide rings is 2. The first kappa shape index (κ1) is 11.9. The SMILES string of the molecule is CC(=O)OC(C)(C1CO1)C1(OC(C)=O)N[C@]12CO2. The number of hydrogen-bond donors (Lipinski definition) is 1. The van der Waals surface area contributed by atoms with Gasteiger partial charge in [-0.15, -0.1) is 0 Å². The van der Waals surface area contributed by atoms with E-state index in [1.54, 1.807) is 6.92 Å². The van der Waals surface area contributed by atoms with Crippen LogP contribution in [0.5, 0.6) is 0 Å². The fourth-order valence-electron chi connectivity index (χ4n) is 2.58. The maximum absolute atomic E-state index is 11.3. The Morgan fingerprint density at radius 2 is 2.00 bits per heavy atom. The van der Waals surface area contributed by atoms with Crippen LogP contribution in [0.15, 0.2) is 0 Å². The summed E-state index contributed by atoms with van der Waals surface area (Å²) >= 11 is 0. The smallest absolute Gasteiger partial charge is 0.304 e. The molecule has 0 saturated carbocycles. The standard InChI is InChI=1S/C11H15NO6/c1-6(13)17-9(3,8-4-15-8)11(18-7(2)14)10(12-11)5-16-10/h8,12H,4-5H2,1-3H3/t8?,9?,10-,11?/m0/s1. The van der Waals surface area contributed by atoms with Gasteiger partial charge in [-0.05, 0) is 6.92 Å². The van der Waals surface area contributed by atoms with Crippen molar-refractivity contribution in [3.05, 3.63) is 0 Å². The second-order valence-corrected chi connectivity index (χ2v) is 5.04. The van der Waals surface area contributed by atoms with Crippen molar-refractivity contribution in [3.8, 4) is 0 Å². The van der Waals surface area contributed by atoms with Crippen LogP contribution in [0, 0.1) is 0 Å². The molecule has 3 unspecified atom stereocenters. The van der Waals surface area contributed by atoms with Crippen LogP contribution in [-0.2, 0) is 28.5 Å². The van der Waals surface area contributed by atoms with Crippen LogP contribution in [0.25, 0.3) is 0 Å². The number of esters is 2. The Kier molecular flexibility index (Phi) is 2.13. The first-order valence-electron chi connectivity index (χ1n) is 5.79. The van der Waals surface area contributed by atoms with E-state index in [0.29, 0.717) is 13.2 Å². The molecule has 0 amide bonds. The third-order valence-corrected chi connectivity index (χ3v) is 3.62. The molecule has 100 valence electrons. The van der Waals surface area contributed by atoms with Crippen molar-refractivity contribution in [2.75, 3.05) is 13.2 Å². The second kappa shape index (κ2) is 3.23. The monoisotopic (exact) mass is 257 g/mol. The average molecular weight is 257 g/mol. The topological polar surface area (TPSA) is 99.6 Å². The van der Waals surface area contributed by atoms with Gasteiger partial charge >= 0.3 is 11.9 Å². The predicted octanol–water partition coefficient (Wildman–Crippen LogP) is -0.704. The van der Waals surface area contributed by atoms with E-state index in [1.165, 1.54) is 13.8 Å². The fraction of sp³-hybridized carbons (Fsp3) is 0.818. The minimum absolute atomic E-state index is 0.295. The molecule has 3 aliphatic rings. The third-order valence-electron chi connectivity index (χ3n) is 3.62. The molecule has 3 fully saturated rings. The summed E-state index contributed by atoms with van der Waals surface area (Å²) in [7, 11) is 0. The van der Waals surface area contributed by atoms with Crippen LogP contribution in [0.2, 0.25) is 0 Å². The van der Waals surface area contributed by atoms with E-state index >= 15 is 0 Å². The molecule has 3 rings (SSSR count). The molecule has 0 aromatic rings. The molecule has 0 bridgehead atoms. The largest absolute Gasteiger partial charge is 0.451 e. The van der Waals surface area contributed by atoms with Crippen LogP contribution in [0.3, 0.4) is 0 Å². The molecule has 18 heavy (non-hydrogen) atoms. The van der Waals surface area contributed by atoms with Crippen LogP contribution < -0.4 is 5.32 Å². The highest BCUT2D eigenvalue weighted by Crippen LogP contribution is 2.60. The quantitative estimate of drug-likeness (QED) is 0.525. The van der Waals surface area contributed by atoms with Crippen molar-refractivity contribution >= 4 is 11.9 Å². The van der Waals surface area contributed by atoms with Gasteiger partial charge in [0.25, 0.3) is 5.72 Å². The summed E-state index contributed by atoms with van der Waals surface area (Å²) in [5.41, 5.74) is -2.94. The molecule has 0 aliphatic carbocycles. The Morgan fingerprint density at radius 1 is 1.39 bits per heavy atom. The van der Waals surface area contributed by atoms with Crippen LogP contribution in [0.1, 0.15) is 20.8 Å². The Balaban J connectivity index is 1.92. The molecule has 4 atom stereocenters. The Morgan fingerprint density at radius 3 is 2.33 bits per heavy atom. The van der Waals surface area contributed by atoms with Gasteiger partial charge in [-0.3, -0.25) is 9.59 Å². The molecule has 7 heteroatoms. The first-order valence-corrected chi connectivity index (χ1v) is 5.79. The summed E-state index contributed by atoms with van der Waals surface area (Å²) < 4.78 is 21.3. The molecular formula is C11H15NO6. The van der Waals surface area contributed by atoms with E-state index in [0.717, 1.165) is 0 Å². The number of carbonyl (C=O) groups excluding carboxylic acids is 2. The highest BCUT2D eigenvalue weighted by molar-refractivity contribution is 5.69. The van der Waals surface area contributed by atoms with Gasteiger partial charge in [0.2, 0.25) is 5.72 Å². The van der Waals surface area contributed by atoms with Crippen LogP contribution in [0.4, 0.5) is 0 Å². The predicted molar refractivity (Wildman–Crippen MR) is 56.2 cm³/mol. The molecule has 0 aromatic carbocycles. The lowest BCUT2D eigenvalue weighted by molar-refractivity contribution is -0.195. The molecule has 1 spiro atoms. The van der Waals surface area contributed by atoms with Gasteiger partial charge in [-0.25, -0.2) is 5.32 Å². The van der Waals surface area contributed by atoms with Crippen molar-refractivity contribution in [2.45, 2.75) is 43.9 Å². The summed E-state index contributed by atoms with van der Waals surface area (Å²) in [4.78, 5) is 22.6. The van der Waals surface area contributed by atoms with Gasteiger partial charge in [0.05, 0.1) is 13.2 Å². The number of ether oxygens (including phenoxy) is 4. The van der Waals surface area contributed by atoms with Gasteiger partial charge < -0.3 is 18.9 Å². The van der Waals surface area contributed by atoms with E-state index in [2.05, 4.69) is 5.32 Å². The maximum Gasteiger partial charge on any atom is 0.304 e. The Bertz CT molecular complexity index is 413. The number of hydrogen-bond acceptors (Lipinski definition) is 7. The zero-order chi connectivity index (χ0) is 13.2. The normalized spacial score (nSPS) is 42.9. The van der Waals surface area contributed by atoms with Gasteiger partial charge in [0, 0.05) is 13.8 Å². The lowest BCUT2D eigenvalue weighted by atomic mass is 9.91. The lowest BCUT2D eigenvalue weighted by Crippen LogP contribution is -2.56.